The summed E-state index contributed by atoms with van der Waals surface area (Å²) >= 11 is 0. The SMILES string of the molecule is COCCN(C)CCCC(C(C)C)N1CC2(CCN(c3ncnnc3Oc3ccc(F)cc3C(=O)N(C(C)C)C(C)C)C2)C1. The van der Waals surface area contributed by atoms with Crippen molar-refractivity contribution in [3.63, 3.8) is 0 Å². The Balaban J connectivity index is 1.43. The Bertz CT molecular complexity index is 1230. The molecule has 10 nitrogen and oxygen atoms in total. The summed E-state index contributed by atoms with van der Waals surface area (Å²) in [5, 5.41) is 8.24. The van der Waals surface area contributed by atoms with Gasteiger partial charge in [-0.2, -0.15) is 0 Å². The van der Waals surface area contributed by atoms with Crippen LogP contribution in [0.4, 0.5) is 10.2 Å². The summed E-state index contributed by atoms with van der Waals surface area (Å²) < 4.78 is 25.8. The number of ether oxygens (including phenoxy) is 2. The number of nitrogens with zero attached hydrogens (tertiary/aromatic N) is 7. The Kier molecular flexibility index (Phi) is 11.5. The van der Waals surface area contributed by atoms with Gasteiger partial charge in [-0.25, -0.2) is 9.37 Å². The van der Waals surface area contributed by atoms with Gasteiger partial charge in [-0.3, -0.25) is 9.69 Å². The Hall–Kier alpha value is -2.89. The molecular formula is C33H52FN7O3. The number of benzene rings is 1. The molecule has 2 fully saturated rings. The zero-order valence-electron chi connectivity index (χ0n) is 27.9. The van der Waals surface area contributed by atoms with Crippen LogP contribution in [-0.2, 0) is 4.74 Å². The first-order chi connectivity index (χ1) is 20.9. The number of anilines is 1. The summed E-state index contributed by atoms with van der Waals surface area (Å²) in [6.45, 7) is 19.1. The first-order valence-electron chi connectivity index (χ1n) is 16.1. The van der Waals surface area contributed by atoms with Crippen LogP contribution in [0.15, 0.2) is 24.5 Å². The third kappa shape index (κ3) is 8.03. The van der Waals surface area contributed by atoms with Gasteiger partial charge in [-0.05, 0) is 84.7 Å². The Morgan fingerprint density at radius 1 is 1.09 bits per heavy atom. The zero-order valence-corrected chi connectivity index (χ0v) is 27.9. The maximum Gasteiger partial charge on any atom is 0.282 e. The third-order valence-corrected chi connectivity index (χ3v) is 9.07. The number of carbonyl (C=O) groups is 1. The van der Waals surface area contributed by atoms with Crippen LogP contribution in [0.5, 0.6) is 11.6 Å². The summed E-state index contributed by atoms with van der Waals surface area (Å²) in [5.41, 5.74) is 0.359. The van der Waals surface area contributed by atoms with E-state index in [2.05, 4.69) is 50.8 Å². The molecule has 0 bridgehead atoms. The molecule has 0 saturated carbocycles. The topological polar surface area (TPSA) is 87.2 Å². The predicted molar refractivity (Wildman–Crippen MR) is 171 cm³/mol. The minimum Gasteiger partial charge on any atom is -0.434 e. The second-order valence-electron chi connectivity index (χ2n) is 13.6. The number of amides is 1. The van der Waals surface area contributed by atoms with Gasteiger partial charge in [0.25, 0.3) is 11.8 Å². The fourth-order valence-electron chi connectivity index (χ4n) is 6.90. The molecule has 2 saturated heterocycles. The molecule has 1 amide bonds. The highest BCUT2D eigenvalue weighted by atomic mass is 19.1. The molecule has 11 heteroatoms. The lowest BCUT2D eigenvalue weighted by Crippen LogP contribution is -2.62. The first kappa shape index (κ1) is 34.0. The largest absolute Gasteiger partial charge is 0.434 e. The van der Waals surface area contributed by atoms with Crippen molar-refractivity contribution in [3.05, 3.63) is 35.9 Å². The maximum absolute atomic E-state index is 14.4. The molecule has 3 heterocycles. The molecule has 1 aromatic carbocycles. The molecule has 0 aliphatic carbocycles. The Morgan fingerprint density at radius 2 is 1.82 bits per heavy atom. The number of aromatic nitrogens is 3. The predicted octanol–water partition coefficient (Wildman–Crippen LogP) is 4.96. The van der Waals surface area contributed by atoms with E-state index in [9.17, 15) is 9.18 Å². The van der Waals surface area contributed by atoms with E-state index in [1.807, 2.05) is 27.7 Å². The molecule has 2 aromatic rings. The highest BCUT2D eigenvalue weighted by Crippen LogP contribution is 2.44. The summed E-state index contributed by atoms with van der Waals surface area (Å²) in [4.78, 5) is 27.0. The van der Waals surface area contributed by atoms with E-state index in [4.69, 9.17) is 9.47 Å². The lowest BCUT2D eigenvalue weighted by molar-refractivity contribution is -0.0345. The van der Waals surface area contributed by atoms with Gasteiger partial charge >= 0.3 is 0 Å². The highest BCUT2D eigenvalue weighted by molar-refractivity contribution is 5.97. The highest BCUT2D eigenvalue weighted by Gasteiger charge is 2.50. The fourth-order valence-corrected chi connectivity index (χ4v) is 6.90. The van der Waals surface area contributed by atoms with Crippen molar-refractivity contribution in [2.24, 2.45) is 11.3 Å². The fraction of sp³-hybridized carbons (Fsp3) is 0.697. The Morgan fingerprint density at radius 3 is 2.48 bits per heavy atom. The molecule has 1 spiro atoms. The average molecular weight is 614 g/mol. The molecule has 1 unspecified atom stereocenters. The molecule has 1 atom stereocenters. The van der Waals surface area contributed by atoms with E-state index in [0.717, 1.165) is 52.3 Å². The van der Waals surface area contributed by atoms with Gasteiger partial charge in [0, 0.05) is 63.4 Å². The summed E-state index contributed by atoms with van der Waals surface area (Å²) in [6, 6.07) is 4.45. The van der Waals surface area contributed by atoms with Crippen molar-refractivity contribution in [3.8, 4) is 11.6 Å². The number of halogens is 1. The van der Waals surface area contributed by atoms with E-state index in [0.29, 0.717) is 17.8 Å². The van der Waals surface area contributed by atoms with Crippen molar-refractivity contribution >= 4 is 11.7 Å². The van der Waals surface area contributed by atoms with E-state index in [-0.39, 0.29) is 40.6 Å². The maximum atomic E-state index is 14.4. The molecular weight excluding hydrogens is 561 g/mol. The summed E-state index contributed by atoms with van der Waals surface area (Å²) in [6.07, 6.45) is 4.85. The van der Waals surface area contributed by atoms with Crippen LogP contribution in [0, 0.1) is 17.2 Å². The molecule has 2 aliphatic heterocycles. The number of likely N-dealkylation sites (N-methyl/N-ethyl adjacent to an activating group) is 1. The van der Waals surface area contributed by atoms with Crippen LogP contribution in [0.2, 0.25) is 0 Å². The number of likely N-dealkylation sites (tertiary alicyclic amines) is 1. The molecule has 244 valence electrons. The zero-order chi connectivity index (χ0) is 32.0. The number of rotatable bonds is 15. The molecule has 0 radical (unpaired) electrons. The smallest absolute Gasteiger partial charge is 0.282 e. The van der Waals surface area contributed by atoms with Crippen molar-refractivity contribution in [2.75, 3.05) is 64.9 Å². The normalized spacial score (nSPS) is 17.2. The van der Waals surface area contributed by atoms with Crippen LogP contribution in [0.1, 0.15) is 71.2 Å². The summed E-state index contributed by atoms with van der Waals surface area (Å²) in [7, 11) is 3.91. The first-order valence-corrected chi connectivity index (χ1v) is 16.1. The lowest BCUT2D eigenvalue weighted by atomic mass is 9.76. The monoisotopic (exact) mass is 613 g/mol. The standard InChI is InChI=1S/C33H52FN7O3/c1-23(2)28(10-9-14-38(7)16-17-43-8)40-20-33(21-40)13-15-39(19-33)30-31(37-36-22-35-30)44-29-12-11-26(34)18-27(29)32(42)41(24(3)4)25(5)6/h11-12,18,22-25,28H,9-10,13-17,19-21H2,1-8H3. The number of carbonyl (C=O) groups excluding carboxylic acids is 1. The van der Waals surface area contributed by atoms with Crippen molar-refractivity contribution < 1.29 is 18.7 Å². The van der Waals surface area contributed by atoms with Gasteiger partial charge < -0.3 is 24.2 Å². The van der Waals surface area contributed by atoms with Crippen molar-refractivity contribution in [1.82, 2.24) is 29.9 Å². The average Bonchev–Trinajstić information content (AvgIpc) is 3.40. The second-order valence-corrected chi connectivity index (χ2v) is 13.6. The van der Waals surface area contributed by atoms with Gasteiger partial charge in [0.1, 0.15) is 17.9 Å². The Labute approximate surface area is 262 Å². The number of hydrogen-bond acceptors (Lipinski definition) is 9. The van der Waals surface area contributed by atoms with Crippen molar-refractivity contribution in [2.45, 2.75) is 78.9 Å². The van der Waals surface area contributed by atoms with Crippen LogP contribution < -0.4 is 9.64 Å². The van der Waals surface area contributed by atoms with E-state index in [1.165, 1.54) is 37.4 Å². The van der Waals surface area contributed by atoms with Gasteiger partial charge in [0.2, 0.25) is 0 Å². The van der Waals surface area contributed by atoms with Crippen LogP contribution >= 0.6 is 0 Å². The van der Waals surface area contributed by atoms with E-state index in [1.54, 1.807) is 12.0 Å². The number of methoxy groups -OCH3 is 1. The summed E-state index contributed by atoms with van der Waals surface area (Å²) in [5.74, 6) is 0.859. The molecule has 0 N–H and O–H groups in total. The molecule has 4 rings (SSSR count). The van der Waals surface area contributed by atoms with Gasteiger partial charge in [-0.15, -0.1) is 10.2 Å². The quantitative estimate of drug-likeness (QED) is 0.277. The van der Waals surface area contributed by atoms with E-state index < -0.39 is 5.82 Å². The molecule has 1 aromatic heterocycles. The van der Waals surface area contributed by atoms with Gasteiger partial charge in [0.05, 0.1) is 12.2 Å². The third-order valence-electron chi connectivity index (χ3n) is 9.07. The second kappa shape index (κ2) is 14.9. The minimum absolute atomic E-state index is 0.0623. The van der Waals surface area contributed by atoms with Crippen molar-refractivity contribution in [1.29, 1.82) is 0 Å². The molecule has 2 aliphatic rings. The van der Waals surface area contributed by atoms with Gasteiger partial charge in [-0.1, -0.05) is 13.8 Å². The molecule has 44 heavy (non-hydrogen) atoms. The number of hydrogen-bond donors (Lipinski definition) is 0. The minimum atomic E-state index is -0.500. The van der Waals surface area contributed by atoms with Crippen LogP contribution in [0.25, 0.3) is 0 Å². The van der Waals surface area contributed by atoms with E-state index >= 15 is 0 Å². The van der Waals surface area contributed by atoms with Gasteiger partial charge in [0.15, 0.2) is 5.82 Å². The lowest BCUT2D eigenvalue weighted by Gasteiger charge is -2.53. The van der Waals surface area contributed by atoms with Crippen LogP contribution in [-0.4, -0.2) is 114 Å². The van der Waals surface area contributed by atoms with Crippen LogP contribution in [0.3, 0.4) is 0 Å².